The lowest BCUT2D eigenvalue weighted by molar-refractivity contribution is -0.118. The molecule has 0 bridgehead atoms. The molecule has 1 aliphatic heterocycles. The van der Waals surface area contributed by atoms with E-state index in [1.165, 1.54) is 14.2 Å². The summed E-state index contributed by atoms with van der Waals surface area (Å²) >= 11 is 0. The third-order valence-corrected chi connectivity index (χ3v) is 5.30. The number of benzene rings is 1. The standard InChI is InChI=1S/C21H24N2O4/c1-11-13(10-22)18(12-6-16(26-4)20(25)17(7-12)27-5)19-14(23-11)8-21(2,3)9-15(19)24/h6-7,13,18,25H,8-9H2,1-5H3/t13?,18-/m1/s1. The SMILES string of the molecule is COc1cc([C@H]2C3=C(CC(C)(C)CC3=O)N=C(C)C2C#N)cc(OC)c1O. The maximum absolute atomic E-state index is 13.0. The first-order valence-electron chi connectivity index (χ1n) is 8.88. The monoisotopic (exact) mass is 368 g/mol. The van der Waals surface area contributed by atoms with E-state index in [9.17, 15) is 15.2 Å². The number of allylic oxidation sites excluding steroid dienone is 2. The molecule has 1 N–H and O–H groups in total. The highest BCUT2D eigenvalue weighted by Gasteiger charge is 2.43. The van der Waals surface area contributed by atoms with Crippen LogP contribution in [0.25, 0.3) is 0 Å². The van der Waals surface area contributed by atoms with Gasteiger partial charge in [0.05, 0.1) is 26.2 Å². The molecule has 27 heavy (non-hydrogen) atoms. The predicted molar refractivity (Wildman–Crippen MR) is 101 cm³/mol. The van der Waals surface area contributed by atoms with Crippen LogP contribution >= 0.6 is 0 Å². The molecule has 6 heteroatoms. The van der Waals surface area contributed by atoms with Gasteiger partial charge >= 0.3 is 0 Å². The van der Waals surface area contributed by atoms with Crippen molar-refractivity contribution in [1.82, 2.24) is 0 Å². The smallest absolute Gasteiger partial charge is 0.200 e. The van der Waals surface area contributed by atoms with Gasteiger partial charge in [0, 0.05) is 29.3 Å². The molecule has 3 rings (SSSR count). The van der Waals surface area contributed by atoms with E-state index in [4.69, 9.17) is 9.47 Å². The van der Waals surface area contributed by atoms with E-state index in [0.29, 0.717) is 29.7 Å². The number of aromatic hydroxyl groups is 1. The molecular formula is C21H24N2O4. The van der Waals surface area contributed by atoms with Gasteiger partial charge < -0.3 is 14.6 Å². The topological polar surface area (TPSA) is 91.9 Å². The second-order valence-electron chi connectivity index (χ2n) is 7.91. The molecule has 0 radical (unpaired) electrons. The molecule has 0 aromatic heterocycles. The number of methoxy groups -OCH3 is 2. The van der Waals surface area contributed by atoms with Crippen LogP contribution in [0.1, 0.15) is 45.1 Å². The number of nitriles is 1. The minimum atomic E-state index is -0.562. The minimum absolute atomic E-state index is 0.0220. The Morgan fingerprint density at radius 3 is 2.33 bits per heavy atom. The van der Waals surface area contributed by atoms with Crippen molar-refractivity contribution in [3.05, 3.63) is 29.0 Å². The van der Waals surface area contributed by atoms with Crippen molar-refractivity contribution in [2.45, 2.75) is 39.5 Å². The molecule has 2 atom stereocenters. The number of hydrogen-bond donors (Lipinski definition) is 1. The van der Waals surface area contributed by atoms with Crippen LogP contribution < -0.4 is 9.47 Å². The van der Waals surface area contributed by atoms with Crippen molar-refractivity contribution in [3.63, 3.8) is 0 Å². The molecule has 2 aliphatic rings. The quantitative estimate of drug-likeness (QED) is 0.877. The zero-order chi connectivity index (χ0) is 19.9. The zero-order valence-corrected chi connectivity index (χ0v) is 16.3. The molecule has 1 aromatic rings. The lowest BCUT2D eigenvalue weighted by Crippen LogP contribution is -2.35. The minimum Gasteiger partial charge on any atom is -0.502 e. The summed E-state index contributed by atoms with van der Waals surface area (Å²) in [4.78, 5) is 17.6. The Bertz CT molecular complexity index is 880. The Morgan fingerprint density at radius 1 is 1.22 bits per heavy atom. The van der Waals surface area contributed by atoms with E-state index < -0.39 is 11.8 Å². The summed E-state index contributed by atoms with van der Waals surface area (Å²) in [7, 11) is 2.90. The maximum Gasteiger partial charge on any atom is 0.200 e. The second-order valence-corrected chi connectivity index (χ2v) is 7.91. The number of ether oxygens (including phenoxy) is 2. The van der Waals surface area contributed by atoms with Gasteiger partial charge in [0.15, 0.2) is 17.3 Å². The van der Waals surface area contributed by atoms with Crippen molar-refractivity contribution in [3.8, 4) is 23.3 Å². The molecule has 1 aliphatic carbocycles. The number of nitrogens with zero attached hydrogens (tertiary/aromatic N) is 2. The van der Waals surface area contributed by atoms with Gasteiger partial charge in [-0.15, -0.1) is 0 Å². The number of ketones is 1. The van der Waals surface area contributed by atoms with Crippen molar-refractivity contribution in [2.24, 2.45) is 16.3 Å². The van der Waals surface area contributed by atoms with Gasteiger partial charge in [0.1, 0.15) is 0 Å². The van der Waals surface area contributed by atoms with Crippen LogP contribution in [0.3, 0.4) is 0 Å². The molecule has 6 nitrogen and oxygen atoms in total. The maximum atomic E-state index is 13.0. The zero-order valence-electron chi connectivity index (χ0n) is 16.3. The van der Waals surface area contributed by atoms with E-state index in [1.807, 2.05) is 6.92 Å². The predicted octanol–water partition coefficient (Wildman–Crippen LogP) is 3.75. The average Bonchev–Trinajstić information content (AvgIpc) is 2.59. The Morgan fingerprint density at radius 2 is 1.81 bits per heavy atom. The average molecular weight is 368 g/mol. The van der Waals surface area contributed by atoms with Gasteiger partial charge in [-0.1, -0.05) is 13.8 Å². The fourth-order valence-electron chi connectivity index (χ4n) is 4.07. The summed E-state index contributed by atoms with van der Waals surface area (Å²) in [5, 5.41) is 20.0. The van der Waals surface area contributed by atoms with Crippen LogP contribution in [0, 0.1) is 22.7 Å². The number of phenolic OH excluding ortho intramolecular Hbond substituents is 1. The number of hydrogen-bond acceptors (Lipinski definition) is 6. The molecule has 142 valence electrons. The largest absolute Gasteiger partial charge is 0.502 e. The van der Waals surface area contributed by atoms with Crippen LogP contribution in [0.4, 0.5) is 0 Å². The lowest BCUT2D eigenvalue weighted by Gasteiger charge is -2.38. The summed E-state index contributed by atoms with van der Waals surface area (Å²) in [6.45, 7) is 5.93. The van der Waals surface area contributed by atoms with Gasteiger partial charge in [-0.25, -0.2) is 0 Å². The van der Waals surface area contributed by atoms with Crippen molar-refractivity contribution >= 4 is 11.5 Å². The Kier molecular flexibility index (Phi) is 4.73. The molecule has 1 aromatic carbocycles. The van der Waals surface area contributed by atoms with Gasteiger partial charge in [-0.3, -0.25) is 9.79 Å². The first-order chi connectivity index (χ1) is 12.7. The molecule has 0 spiro atoms. The van der Waals surface area contributed by atoms with Gasteiger partial charge in [0.25, 0.3) is 0 Å². The lowest BCUT2D eigenvalue weighted by atomic mass is 9.67. The number of carbonyl (C=O) groups is 1. The highest BCUT2D eigenvalue weighted by molar-refractivity contribution is 6.03. The number of rotatable bonds is 3. The molecule has 0 fully saturated rings. The number of phenols is 1. The number of carbonyl (C=O) groups excluding carboxylic acids is 1. The van der Waals surface area contributed by atoms with E-state index in [-0.39, 0.29) is 28.4 Å². The normalized spacial score (nSPS) is 24.0. The molecule has 0 saturated heterocycles. The Balaban J connectivity index is 2.24. The van der Waals surface area contributed by atoms with Crippen LogP contribution in [-0.2, 0) is 4.79 Å². The van der Waals surface area contributed by atoms with Crippen molar-refractivity contribution < 1.29 is 19.4 Å². The molecule has 0 amide bonds. The Hall–Kier alpha value is -2.81. The summed E-state index contributed by atoms with van der Waals surface area (Å²) < 4.78 is 10.5. The van der Waals surface area contributed by atoms with E-state index in [2.05, 4.69) is 24.9 Å². The Labute approximate surface area is 159 Å². The summed E-state index contributed by atoms with van der Waals surface area (Å²) in [5.41, 5.74) is 2.59. The van der Waals surface area contributed by atoms with Gasteiger partial charge in [-0.05, 0) is 36.5 Å². The number of aliphatic imine (C=N–C) groups is 1. The third-order valence-electron chi connectivity index (χ3n) is 5.30. The van der Waals surface area contributed by atoms with Crippen LogP contribution in [-0.4, -0.2) is 30.8 Å². The second kappa shape index (κ2) is 6.73. The molecule has 1 heterocycles. The molecular weight excluding hydrogens is 344 g/mol. The van der Waals surface area contributed by atoms with Crippen LogP contribution in [0.15, 0.2) is 28.4 Å². The van der Waals surface area contributed by atoms with Crippen LogP contribution in [0.2, 0.25) is 0 Å². The molecule has 0 saturated carbocycles. The van der Waals surface area contributed by atoms with Crippen molar-refractivity contribution in [1.29, 1.82) is 5.26 Å². The first-order valence-corrected chi connectivity index (χ1v) is 8.88. The van der Waals surface area contributed by atoms with Gasteiger partial charge in [-0.2, -0.15) is 5.26 Å². The van der Waals surface area contributed by atoms with Crippen molar-refractivity contribution in [2.75, 3.05) is 14.2 Å². The fourth-order valence-corrected chi connectivity index (χ4v) is 4.07. The number of Topliss-reactive ketones (excluding diaryl/α,β-unsaturated/α-hetero) is 1. The van der Waals surface area contributed by atoms with E-state index >= 15 is 0 Å². The van der Waals surface area contributed by atoms with Crippen LogP contribution in [0.5, 0.6) is 17.2 Å². The fraction of sp³-hybridized carbons (Fsp3) is 0.476. The van der Waals surface area contributed by atoms with E-state index in [1.54, 1.807) is 12.1 Å². The van der Waals surface area contributed by atoms with E-state index in [0.717, 1.165) is 5.70 Å². The summed E-state index contributed by atoms with van der Waals surface area (Å²) in [5.74, 6) is -0.626. The highest BCUT2D eigenvalue weighted by Crippen LogP contribution is 2.49. The summed E-state index contributed by atoms with van der Waals surface area (Å²) in [6, 6.07) is 5.64. The summed E-state index contributed by atoms with van der Waals surface area (Å²) in [6.07, 6.45) is 1.10. The third kappa shape index (κ3) is 3.18. The molecule has 1 unspecified atom stereocenters. The van der Waals surface area contributed by atoms with Gasteiger partial charge in [0.2, 0.25) is 5.75 Å². The highest BCUT2D eigenvalue weighted by atomic mass is 16.5. The first kappa shape index (κ1) is 19.0.